The van der Waals surface area contributed by atoms with E-state index in [0.717, 1.165) is 33.4 Å². The van der Waals surface area contributed by atoms with Crippen molar-refractivity contribution in [2.75, 3.05) is 4.90 Å². The number of halogens is 1. The van der Waals surface area contributed by atoms with Gasteiger partial charge in [-0.25, -0.2) is 9.97 Å². The molecule has 8 heteroatoms. The fraction of sp³-hybridized carbons (Fsp3) is 0.208. The molecule has 0 radical (unpaired) electrons. The minimum atomic E-state index is -0.0492. The number of rotatable bonds is 6. The van der Waals surface area contributed by atoms with Crippen molar-refractivity contribution in [3.8, 4) is 5.69 Å². The number of benzene rings is 2. The molecule has 32 heavy (non-hydrogen) atoms. The zero-order valence-electron chi connectivity index (χ0n) is 18.3. The minimum absolute atomic E-state index is 0.0492. The molecular weight excluding hydrogens is 460 g/mol. The lowest BCUT2D eigenvalue weighted by Crippen LogP contribution is -2.24. The SMILES string of the molecule is CC(=O)N(c1nc(CSc2nccn2-c2ccc(Cl)cc2)cs1)c1c(C)cc(C)cc1C. The van der Waals surface area contributed by atoms with Gasteiger partial charge in [0.15, 0.2) is 10.3 Å². The lowest BCUT2D eigenvalue weighted by molar-refractivity contribution is -0.115. The van der Waals surface area contributed by atoms with Crippen LogP contribution >= 0.6 is 34.7 Å². The molecule has 0 aliphatic carbocycles. The highest BCUT2D eigenvalue weighted by Crippen LogP contribution is 2.35. The lowest BCUT2D eigenvalue weighted by atomic mass is 10.0. The summed E-state index contributed by atoms with van der Waals surface area (Å²) >= 11 is 9.09. The molecule has 0 bridgehead atoms. The van der Waals surface area contributed by atoms with Gasteiger partial charge < -0.3 is 0 Å². The number of thiazole rings is 1. The lowest BCUT2D eigenvalue weighted by Gasteiger charge is -2.23. The van der Waals surface area contributed by atoms with E-state index >= 15 is 0 Å². The summed E-state index contributed by atoms with van der Waals surface area (Å²) in [5.74, 6) is 0.602. The van der Waals surface area contributed by atoms with Gasteiger partial charge in [-0.15, -0.1) is 11.3 Å². The van der Waals surface area contributed by atoms with E-state index in [1.54, 1.807) is 29.8 Å². The highest BCUT2D eigenvalue weighted by molar-refractivity contribution is 7.98. The van der Waals surface area contributed by atoms with E-state index in [0.29, 0.717) is 15.9 Å². The van der Waals surface area contributed by atoms with Gasteiger partial charge in [0.1, 0.15) is 0 Å². The van der Waals surface area contributed by atoms with Crippen molar-refractivity contribution >= 4 is 51.4 Å². The van der Waals surface area contributed by atoms with Gasteiger partial charge >= 0.3 is 0 Å². The number of hydrogen-bond donors (Lipinski definition) is 0. The van der Waals surface area contributed by atoms with Crippen LogP contribution in [-0.2, 0) is 10.5 Å². The van der Waals surface area contributed by atoms with Gasteiger partial charge in [0, 0.05) is 41.2 Å². The molecule has 0 unspecified atom stereocenters. The van der Waals surface area contributed by atoms with Crippen LogP contribution in [0.2, 0.25) is 5.02 Å². The van der Waals surface area contributed by atoms with Gasteiger partial charge in [-0.05, 0) is 56.2 Å². The summed E-state index contributed by atoms with van der Waals surface area (Å²) in [6.45, 7) is 7.71. The van der Waals surface area contributed by atoms with E-state index in [4.69, 9.17) is 16.6 Å². The standard InChI is InChI=1S/C24H23ClN4OS2/c1-15-11-16(2)22(17(3)12-15)29(18(4)30)24-27-20(14-32-24)13-31-23-26-9-10-28(23)21-7-5-19(25)6-8-21/h5-12,14H,13H2,1-4H3. The Morgan fingerprint density at radius 2 is 1.84 bits per heavy atom. The summed E-state index contributed by atoms with van der Waals surface area (Å²) in [6, 6.07) is 11.9. The smallest absolute Gasteiger partial charge is 0.230 e. The summed E-state index contributed by atoms with van der Waals surface area (Å²) in [4.78, 5) is 23.6. The maximum Gasteiger partial charge on any atom is 0.230 e. The molecule has 164 valence electrons. The third kappa shape index (κ3) is 4.75. The molecule has 0 atom stereocenters. The van der Waals surface area contributed by atoms with Gasteiger partial charge in [-0.1, -0.05) is 41.1 Å². The zero-order valence-corrected chi connectivity index (χ0v) is 20.7. The second kappa shape index (κ2) is 9.48. The van der Waals surface area contributed by atoms with Crippen LogP contribution < -0.4 is 4.90 Å². The third-order valence-electron chi connectivity index (χ3n) is 4.97. The molecule has 0 aliphatic heterocycles. The molecule has 0 N–H and O–H groups in total. The summed E-state index contributed by atoms with van der Waals surface area (Å²) in [5, 5.41) is 4.26. The minimum Gasteiger partial charge on any atom is -0.295 e. The zero-order chi connectivity index (χ0) is 22.8. The second-order valence-corrected chi connectivity index (χ2v) is 9.78. The average Bonchev–Trinajstić information content (AvgIpc) is 3.38. The maximum atomic E-state index is 12.6. The number of nitrogens with zero attached hydrogens (tertiary/aromatic N) is 4. The van der Waals surface area contributed by atoms with Crippen molar-refractivity contribution in [3.63, 3.8) is 0 Å². The van der Waals surface area contributed by atoms with Crippen molar-refractivity contribution in [2.45, 2.75) is 38.6 Å². The van der Waals surface area contributed by atoms with Gasteiger partial charge in [0.05, 0.1) is 11.4 Å². The van der Waals surface area contributed by atoms with Crippen molar-refractivity contribution in [1.82, 2.24) is 14.5 Å². The Morgan fingerprint density at radius 1 is 1.16 bits per heavy atom. The summed E-state index contributed by atoms with van der Waals surface area (Å²) < 4.78 is 2.02. The van der Waals surface area contributed by atoms with E-state index in [1.165, 1.54) is 16.9 Å². The quantitative estimate of drug-likeness (QED) is 0.281. The van der Waals surface area contributed by atoms with Crippen molar-refractivity contribution in [2.24, 2.45) is 0 Å². The molecule has 4 rings (SSSR count). The normalized spacial score (nSPS) is 11.0. The molecule has 1 amide bonds. The van der Waals surface area contributed by atoms with Crippen LogP contribution in [0.3, 0.4) is 0 Å². The molecule has 2 heterocycles. The molecule has 0 fully saturated rings. The highest BCUT2D eigenvalue weighted by atomic mass is 35.5. The summed E-state index contributed by atoms with van der Waals surface area (Å²) in [7, 11) is 0. The molecule has 4 aromatic rings. The van der Waals surface area contributed by atoms with E-state index in [2.05, 4.69) is 24.0 Å². The Balaban J connectivity index is 1.55. The molecule has 0 spiro atoms. The first-order chi connectivity index (χ1) is 15.3. The van der Waals surface area contributed by atoms with Gasteiger partial charge in [0.25, 0.3) is 0 Å². The fourth-order valence-corrected chi connectivity index (χ4v) is 5.68. The number of imidazole rings is 1. The molecule has 2 aromatic carbocycles. The molecular formula is C24H23ClN4OS2. The highest BCUT2D eigenvalue weighted by Gasteiger charge is 2.22. The number of carbonyl (C=O) groups excluding carboxylic acids is 1. The second-order valence-electron chi connectivity index (χ2n) is 7.57. The predicted octanol–water partition coefficient (Wildman–Crippen LogP) is 6.88. The Bertz CT molecular complexity index is 1240. The monoisotopic (exact) mass is 482 g/mol. The first-order valence-electron chi connectivity index (χ1n) is 10.1. The van der Waals surface area contributed by atoms with E-state index in [9.17, 15) is 4.79 Å². The number of amides is 1. The van der Waals surface area contributed by atoms with Crippen LogP contribution in [0.25, 0.3) is 5.69 Å². The van der Waals surface area contributed by atoms with Gasteiger partial charge in [-0.3, -0.25) is 14.3 Å². The van der Waals surface area contributed by atoms with Crippen LogP contribution in [0.15, 0.2) is 59.3 Å². The Morgan fingerprint density at radius 3 is 2.50 bits per heavy atom. The van der Waals surface area contributed by atoms with Crippen molar-refractivity contribution in [3.05, 3.63) is 81.6 Å². The van der Waals surface area contributed by atoms with Crippen LogP contribution in [0, 0.1) is 20.8 Å². The Labute approximate surface area is 201 Å². The van der Waals surface area contributed by atoms with Gasteiger partial charge in [0.2, 0.25) is 5.91 Å². The summed E-state index contributed by atoms with van der Waals surface area (Å²) in [5.41, 5.74) is 6.13. The number of anilines is 2. The molecule has 0 saturated carbocycles. The Hall–Kier alpha value is -2.61. The maximum absolute atomic E-state index is 12.6. The Kier molecular flexibility index (Phi) is 6.69. The van der Waals surface area contributed by atoms with Crippen LogP contribution in [0.1, 0.15) is 29.3 Å². The van der Waals surface area contributed by atoms with Crippen LogP contribution in [0.5, 0.6) is 0 Å². The molecule has 5 nitrogen and oxygen atoms in total. The summed E-state index contributed by atoms with van der Waals surface area (Å²) in [6.07, 6.45) is 3.71. The molecule has 0 aliphatic rings. The molecule has 2 aromatic heterocycles. The fourth-order valence-electron chi connectivity index (χ4n) is 3.71. The first-order valence-corrected chi connectivity index (χ1v) is 12.3. The third-order valence-corrected chi connectivity index (χ3v) is 7.09. The predicted molar refractivity (Wildman–Crippen MR) is 134 cm³/mol. The van der Waals surface area contributed by atoms with Crippen molar-refractivity contribution < 1.29 is 4.79 Å². The number of aromatic nitrogens is 3. The van der Waals surface area contributed by atoms with E-state index in [-0.39, 0.29) is 5.91 Å². The number of aryl methyl sites for hydroxylation is 3. The number of hydrogen-bond acceptors (Lipinski definition) is 5. The van der Waals surface area contributed by atoms with Crippen LogP contribution in [0.4, 0.5) is 10.8 Å². The van der Waals surface area contributed by atoms with Crippen LogP contribution in [-0.4, -0.2) is 20.4 Å². The number of thioether (sulfide) groups is 1. The van der Waals surface area contributed by atoms with Gasteiger partial charge in [-0.2, -0.15) is 0 Å². The van der Waals surface area contributed by atoms with Crippen molar-refractivity contribution in [1.29, 1.82) is 0 Å². The molecule has 0 saturated heterocycles. The topological polar surface area (TPSA) is 51.0 Å². The van der Waals surface area contributed by atoms with E-state index in [1.807, 2.05) is 54.3 Å². The number of carbonyl (C=O) groups is 1. The van der Waals surface area contributed by atoms with E-state index < -0.39 is 0 Å². The average molecular weight is 483 g/mol. The largest absolute Gasteiger partial charge is 0.295 e. The first kappa shape index (κ1) is 22.6.